The van der Waals surface area contributed by atoms with E-state index in [1.807, 2.05) is 54.2 Å². The standard InChI is InChI=1S/C22H19N3O2S/c1-24-14-16-12-21(28(26,27)18-10-6-3-7-11-18)19-13-23-25(22(19)20(16)15-24)17-8-4-2-5-9-17/h2-13H,14-15H2,1H3. The van der Waals surface area contributed by atoms with Crippen molar-refractivity contribution in [3.8, 4) is 5.69 Å². The van der Waals surface area contributed by atoms with Crippen molar-refractivity contribution in [2.45, 2.75) is 22.9 Å². The molecule has 0 spiro atoms. The highest BCUT2D eigenvalue weighted by Gasteiger charge is 2.29. The van der Waals surface area contributed by atoms with Crippen LogP contribution in [0.1, 0.15) is 11.1 Å². The van der Waals surface area contributed by atoms with Gasteiger partial charge in [0.25, 0.3) is 0 Å². The highest BCUT2D eigenvalue weighted by Crippen LogP contribution is 2.37. The summed E-state index contributed by atoms with van der Waals surface area (Å²) in [4.78, 5) is 2.81. The van der Waals surface area contributed by atoms with Crippen molar-refractivity contribution in [1.29, 1.82) is 0 Å². The number of nitrogens with zero attached hydrogens (tertiary/aromatic N) is 3. The zero-order valence-corrected chi connectivity index (χ0v) is 16.2. The summed E-state index contributed by atoms with van der Waals surface area (Å²) >= 11 is 0. The van der Waals surface area contributed by atoms with Gasteiger partial charge in [-0.2, -0.15) is 5.10 Å². The van der Waals surface area contributed by atoms with Gasteiger partial charge in [-0.25, -0.2) is 13.1 Å². The summed E-state index contributed by atoms with van der Waals surface area (Å²) in [6.07, 6.45) is 1.68. The maximum absolute atomic E-state index is 13.4. The SMILES string of the molecule is CN1Cc2cc(S(=O)(=O)c3ccccc3)c3cnn(-c4ccccc4)c3c2C1. The fraction of sp³-hybridized carbons (Fsp3) is 0.136. The topological polar surface area (TPSA) is 55.2 Å². The highest BCUT2D eigenvalue weighted by molar-refractivity contribution is 7.91. The Morgan fingerprint density at radius 2 is 1.61 bits per heavy atom. The Balaban J connectivity index is 1.84. The Kier molecular flexibility index (Phi) is 3.86. The van der Waals surface area contributed by atoms with Crippen LogP contribution in [-0.2, 0) is 22.9 Å². The number of sulfone groups is 1. The molecule has 3 aromatic carbocycles. The molecular weight excluding hydrogens is 370 g/mol. The molecule has 28 heavy (non-hydrogen) atoms. The number of hydrogen-bond donors (Lipinski definition) is 0. The van der Waals surface area contributed by atoms with Crippen molar-refractivity contribution < 1.29 is 8.42 Å². The third-order valence-corrected chi connectivity index (χ3v) is 7.04. The van der Waals surface area contributed by atoms with Crippen molar-refractivity contribution in [2.24, 2.45) is 0 Å². The molecule has 0 saturated carbocycles. The minimum absolute atomic E-state index is 0.301. The highest BCUT2D eigenvalue weighted by atomic mass is 32.2. The number of rotatable bonds is 3. The van der Waals surface area contributed by atoms with E-state index in [1.165, 1.54) is 0 Å². The average molecular weight is 389 g/mol. The Bertz CT molecular complexity index is 1280. The fourth-order valence-corrected chi connectivity index (χ4v) is 5.45. The Morgan fingerprint density at radius 3 is 2.32 bits per heavy atom. The molecule has 0 bridgehead atoms. The first-order chi connectivity index (χ1) is 13.6. The third kappa shape index (κ3) is 2.57. The summed E-state index contributed by atoms with van der Waals surface area (Å²) in [7, 11) is -1.60. The van der Waals surface area contributed by atoms with Gasteiger partial charge in [0.05, 0.1) is 27.2 Å². The van der Waals surface area contributed by atoms with E-state index in [2.05, 4.69) is 10.00 Å². The van der Waals surface area contributed by atoms with Crippen LogP contribution in [0.5, 0.6) is 0 Å². The van der Waals surface area contributed by atoms with Crippen LogP contribution in [0.2, 0.25) is 0 Å². The van der Waals surface area contributed by atoms with Gasteiger partial charge in [-0.05, 0) is 48.5 Å². The van der Waals surface area contributed by atoms with Crippen molar-refractivity contribution in [3.05, 3.63) is 84.1 Å². The predicted molar refractivity (Wildman–Crippen MR) is 108 cm³/mol. The molecule has 0 fully saturated rings. The summed E-state index contributed by atoms with van der Waals surface area (Å²) < 4.78 is 28.7. The molecule has 0 radical (unpaired) electrons. The van der Waals surface area contributed by atoms with E-state index in [0.29, 0.717) is 15.2 Å². The minimum atomic E-state index is -3.65. The van der Waals surface area contributed by atoms with Crippen molar-refractivity contribution >= 4 is 20.7 Å². The van der Waals surface area contributed by atoms with E-state index in [9.17, 15) is 8.42 Å². The molecule has 1 aromatic heterocycles. The smallest absolute Gasteiger partial charge is 0.207 e. The molecular formula is C22H19N3O2S. The van der Waals surface area contributed by atoms with Gasteiger partial charge >= 0.3 is 0 Å². The van der Waals surface area contributed by atoms with E-state index in [-0.39, 0.29) is 0 Å². The zero-order chi connectivity index (χ0) is 19.3. The predicted octanol–water partition coefficient (Wildman–Crippen LogP) is 3.80. The Hall–Kier alpha value is -2.96. The molecule has 5 rings (SSSR count). The molecule has 6 heteroatoms. The largest absolute Gasteiger partial charge is 0.298 e. The van der Waals surface area contributed by atoms with Crippen LogP contribution in [0, 0.1) is 0 Å². The lowest BCUT2D eigenvalue weighted by molar-refractivity contribution is 0.353. The molecule has 0 aliphatic carbocycles. The van der Waals surface area contributed by atoms with Crippen LogP contribution >= 0.6 is 0 Å². The molecule has 2 heterocycles. The van der Waals surface area contributed by atoms with Crippen LogP contribution in [0.4, 0.5) is 0 Å². The first-order valence-electron chi connectivity index (χ1n) is 9.12. The van der Waals surface area contributed by atoms with Crippen molar-refractivity contribution in [1.82, 2.24) is 14.7 Å². The fourth-order valence-electron chi connectivity index (χ4n) is 3.94. The van der Waals surface area contributed by atoms with Crippen molar-refractivity contribution in [3.63, 3.8) is 0 Å². The normalized spacial score (nSPS) is 14.5. The molecule has 0 unspecified atom stereocenters. The van der Waals surface area contributed by atoms with Gasteiger partial charge in [-0.1, -0.05) is 36.4 Å². The second kappa shape index (κ2) is 6.29. The quantitative estimate of drug-likeness (QED) is 0.535. The molecule has 0 N–H and O–H groups in total. The molecule has 0 amide bonds. The van der Waals surface area contributed by atoms with Crippen LogP contribution in [0.15, 0.2) is 82.7 Å². The lowest BCUT2D eigenvalue weighted by atomic mass is 10.1. The number of fused-ring (bicyclic) bond motifs is 3. The summed E-state index contributed by atoms with van der Waals surface area (Å²) in [5.74, 6) is 0. The third-order valence-electron chi connectivity index (χ3n) is 5.23. The molecule has 1 aliphatic rings. The monoisotopic (exact) mass is 389 g/mol. The van der Waals surface area contributed by atoms with Gasteiger partial charge in [0.2, 0.25) is 9.84 Å². The van der Waals surface area contributed by atoms with Crippen molar-refractivity contribution in [2.75, 3.05) is 7.05 Å². The van der Waals surface area contributed by atoms with Gasteiger partial charge in [0.15, 0.2) is 0 Å². The van der Waals surface area contributed by atoms with E-state index >= 15 is 0 Å². The second-order valence-corrected chi connectivity index (χ2v) is 9.07. The van der Waals surface area contributed by atoms with Crippen LogP contribution in [0.3, 0.4) is 0 Å². The lowest BCUT2D eigenvalue weighted by Gasteiger charge is -2.11. The number of para-hydroxylation sites is 1. The van der Waals surface area contributed by atoms with Gasteiger partial charge < -0.3 is 0 Å². The molecule has 4 aromatic rings. The molecule has 140 valence electrons. The zero-order valence-electron chi connectivity index (χ0n) is 15.4. The number of benzene rings is 3. The Morgan fingerprint density at radius 1 is 0.929 bits per heavy atom. The first kappa shape index (κ1) is 17.2. The van der Waals surface area contributed by atoms with E-state index < -0.39 is 9.84 Å². The minimum Gasteiger partial charge on any atom is -0.298 e. The maximum atomic E-state index is 13.4. The molecule has 0 saturated heterocycles. The van der Waals surface area contributed by atoms with Crippen LogP contribution < -0.4 is 0 Å². The lowest BCUT2D eigenvalue weighted by Crippen LogP contribution is -2.08. The summed E-state index contributed by atoms with van der Waals surface area (Å²) in [5, 5.41) is 5.24. The van der Waals surface area contributed by atoms with Gasteiger partial charge in [-0.15, -0.1) is 0 Å². The second-order valence-electron chi connectivity index (χ2n) is 7.16. The summed E-state index contributed by atoms with van der Waals surface area (Å²) in [6, 6.07) is 20.3. The number of aromatic nitrogens is 2. The molecule has 1 aliphatic heterocycles. The first-order valence-corrected chi connectivity index (χ1v) is 10.6. The average Bonchev–Trinajstić information content (AvgIpc) is 3.31. The Labute approximate surface area is 163 Å². The van der Waals surface area contributed by atoms with Crippen LogP contribution in [-0.4, -0.2) is 30.1 Å². The van der Waals surface area contributed by atoms with E-state index in [1.54, 1.807) is 30.5 Å². The number of hydrogen-bond acceptors (Lipinski definition) is 4. The molecule has 5 nitrogen and oxygen atoms in total. The van der Waals surface area contributed by atoms with Crippen LogP contribution in [0.25, 0.3) is 16.6 Å². The van der Waals surface area contributed by atoms with E-state index in [4.69, 9.17) is 0 Å². The summed E-state index contributed by atoms with van der Waals surface area (Å²) in [6.45, 7) is 1.50. The summed E-state index contributed by atoms with van der Waals surface area (Å²) in [5.41, 5.74) is 3.99. The molecule has 0 atom stereocenters. The van der Waals surface area contributed by atoms with E-state index in [0.717, 1.165) is 35.4 Å². The van der Waals surface area contributed by atoms with Gasteiger partial charge in [0, 0.05) is 18.5 Å². The van der Waals surface area contributed by atoms with Gasteiger partial charge in [0.1, 0.15) is 0 Å². The van der Waals surface area contributed by atoms with Gasteiger partial charge in [-0.3, -0.25) is 4.90 Å². The maximum Gasteiger partial charge on any atom is 0.207 e.